The monoisotopic (exact) mass is 456 g/mol. The van der Waals surface area contributed by atoms with Crippen LogP contribution in [0.5, 0.6) is 0 Å². The lowest BCUT2D eigenvalue weighted by Gasteiger charge is -2.31. The Kier molecular flexibility index (Phi) is 6.19. The summed E-state index contributed by atoms with van der Waals surface area (Å²) in [5, 5.41) is 5.73. The average Bonchev–Trinajstić information content (AvgIpc) is 2.74. The smallest absolute Gasteiger partial charge is 0.328 e. The minimum absolute atomic E-state index is 0.0465. The van der Waals surface area contributed by atoms with Crippen LogP contribution in [0, 0.1) is 24.4 Å². The highest BCUT2D eigenvalue weighted by Crippen LogP contribution is 2.39. The van der Waals surface area contributed by atoms with Crippen molar-refractivity contribution in [2.24, 2.45) is 0 Å². The van der Waals surface area contributed by atoms with Crippen molar-refractivity contribution in [2.75, 3.05) is 37.4 Å². The van der Waals surface area contributed by atoms with Gasteiger partial charge in [-0.25, -0.2) is 27.8 Å². The SMILES string of the molecule is Cc1cc(F)ccc1-c1nc(NCCN(C)C)nc2c1CNC(=O)N2c1c(F)cccc1F. The number of anilines is 3. The molecule has 0 bridgehead atoms. The lowest BCUT2D eigenvalue weighted by atomic mass is 10.00. The van der Waals surface area contributed by atoms with Crippen molar-refractivity contribution >= 4 is 23.5 Å². The predicted molar refractivity (Wildman–Crippen MR) is 120 cm³/mol. The van der Waals surface area contributed by atoms with Crippen LogP contribution in [-0.4, -0.2) is 48.1 Å². The number of urea groups is 1. The van der Waals surface area contributed by atoms with Crippen molar-refractivity contribution in [3.05, 3.63) is 65.0 Å². The van der Waals surface area contributed by atoms with Crippen LogP contribution in [0.4, 0.5) is 35.4 Å². The number of fused-ring (bicyclic) bond motifs is 1. The van der Waals surface area contributed by atoms with Crippen molar-refractivity contribution in [1.29, 1.82) is 0 Å². The van der Waals surface area contributed by atoms with Gasteiger partial charge >= 0.3 is 6.03 Å². The number of nitrogens with one attached hydrogen (secondary N) is 2. The van der Waals surface area contributed by atoms with Gasteiger partial charge in [0.1, 0.15) is 23.1 Å². The molecule has 2 amide bonds. The number of halogens is 3. The zero-order valence-corrected chi connectivity index (χ0v) is 18.4. The van der Waals surface area contributed by atoms with Gasteiger partial charge < -0.3 is 15.5 Å². The van der Waals surface area contributed by atoms with Gasteiger partial charge in [0.2, 0.25) is 5.95 Å². The molecule has 33 heavy (non-hydrogen) atoms. The molecule has 0 saturated carbocycles. The molecule has 0 aliphatic carbocycles. The molecule has 0 spiro atoms. The Morgan fingerprint density at radius 2 is 1.85 bits per heavy atom. The highest BCUT2D eigenvalue weighted by molar-refractivity contribution is 6.02. The summed E-state index contributed by atoms with van der Waals surface area (Å²) in [5.74, 6) is -1.96. The minimum atomic E-state index is -0.904. The molecule has 172 valence electrons. The molecule has 3 aromatic rings. The summed E-state index contributed by atoms with van der Waals surface area (Å²) in [6.45, 7) is 2.96. The van der Waals surface area contributed by atoms with E-state index in [1.165, 1.54) is 18.2 Å². The molecule has 10 heteroatoms. The van der Waals surface area contributed by atoms with Gasteiger partial charge in [-0.05, 0) is 56.9 Å². The van der Waals surface area contributed by atoms with E-state index >= 15 is 0 Å². The summed E-state index contributed by atoms with van der Waals surface area (Å²) in [7, 11) is 3.82. The second kappa shape index (κ2) is 9.07. The molecule has 2 N–H and O–H groups in total. The summed E-state index contributed by atoms with van der Waals surface area (Å²) in [5.41, 5.74) is 1.61. The molecule has 0 saturated heterocycles. The van der Waals surface area contributed by atoms with Gasteiger partial charge in [0, 0.05) is 24.2 Å². The molecular weight excluding hydrogens is 433 g/mol. The Morgan fingerprint density at radius 3 is 2.52 bits per heavy atom. The Hall–Kier alpha value is -3.66. The molecule has 1 aliphatic rings. The first-order valence-electron chi connectivity index (χ1n) is 10.3. The number of para-hydroxylation sites is 1. The number of likely N-dealkylation sites (N-methyl/N-ethyl adjacent to an activating group) is 1. The fraction of sp³-hybridized carbons (Fsp3) is 0.261. The zero-order valence-electron chi connectivity index (χ0n) is 18.4. The van der Waals surface area contributed by atoms with Gasteiger partial charge in [-0.1, -0.05) is 6.07 Å². The van der Waals surface area contributed by atoms with Crippen LogP contribution in [-0.2, 0) is 6.54 Å². The van der Waals surface area contributed by atoms with Crippen LogP contribution in [0.1, 0.15) is 11.1 Å². The molecule has 1 aliphatic heterocycles. The third kappa shape index (κ3) is 4.47. The lowest BCUT2D eigenvalue weighted by Crippen LogP contribution is -2.43. The first-order valence-corrected chi connectivity index (χ1v) is 10.3. The van der Waals surface area contributed by atoms with E-state index in [4.69, 9.17) is 0 Å². The average molecular weight is 456 g/mol. The van der Waals surface area contributed by atoms with Gasteiger partial charge in [-0.3, -0.25) is 0 Å². The third-order valence-electron chi connectivity index (χ3n) is 5.26. The number of rotatable bonds is 6. The van der Waals surface area contributed by atoms with Crippen molar-refractivity contribution < 1.29 is 18.0 Å². The molecule has 2 aromatic carbocycles. The maximum Gasteiger partial charge on any atom is 0.328 e. The van der Waals surface area contributed by atoms with Crippen LogP contribution in [0.15, 0.2) is 36.4 Å². The molecule has 0 radical (unpaired) electrons. The van der Waals surface area contributed by atoms with Crippen molar-refractivity contribution in [3.63, 3.8) is 0 Å². The van der Waals surface area contributed by atoms with Crippen LogP contribution in [0.3, 0.4) is 0 Å². The molecule has 2 heterocycles. The molecular formula is C23H23F3N6O. The fourth-order valence-corrected chi connectivity index (χ4v) is 3.66. The number of amides is 2. The predicted octanol–water partition coefficient (Wildman–Crippen LogP) is 4.20. The minimum Gasteiger partial charge on any atom is -0.353 e. The fourth-order valence-electron chi connectivity index (χ4n) is 3.66. The maximum atomic E-state index is 14.7. The standard InChI is InChI=1S/C23H23F3N6O/c1-13-11-14(24)7-8-15(13)19-16-12-28-23(33)32(20-17(25)5-4-6-18(20)26)21(16)30-22(29-19)27-9-10-31(2)3/h4-8,11H,9-10,12H2,1-3H3,(H,28,33)(H,27,29,30). The second-order valence-electron chi connectivity index (χ2n) is 7.95. The number of nitrogens with zero attached hydrogens (tertiary/aromatic N) is 4. The highest BCUT2D eigenvalue weighted by atomic mass is 19.1. The van der Waals surface area contributed by atoms with Gasteiger partial charge in [-0.15, -0.1) is 0 Å². The largest absolute Gasteiger partial charge is 0.353 e. The van der Waals surface area contributed by atoms with Crippen LogP contribution in [0.2, 0.25) is 0 Å². The number of hydrogen-bond donors (Lipinski definition) is 2. The van der Waals surface area contributed by atoms with E-state index in [2.05, 4.69) is 20.6 Å². The summed E-state index contributed by atoms with van der Waals surface area (Å²) in [4.78, 5) is 24.7. The number of aryl methyl sites for hydroxylation is 1. The number of hydrogen-bond acceptors (Lipinski definition) is 5. The summed E-state index contributed by atoms with van der Waals surface area (Å²) >= 11 is 0. The van der Waals surface area contributed by atoms with Crippen LogP contribution >= 0.6 is 0 Å². The van der Waals surface area contributed by atoms with E-state index in [9.17, 15) is 18.0 Å². The Labute approximate surface area is 189 Å². The zero-order chi connectivity index (χ0) is 23.7. The lowest BCUT2D eigenvalue weighted by molar-refractivity contribution is 0.246. The Morgan fingerprint density at radius 1 is 1.12 bits per heavy atom. The van der Waals surface area contributed by atoms with Gasteiger partial charge in [-0.2, -0.15) is 4.98 Å². The molecule has 4 rings (SSSR count). The summed E-state index contributed by atoms with van der Waals surface area (Å²) in [6.07, 6.45) is 0. The third-order valence-corrected chi connectivity index (χ3v) is 5.26. The second-order valence-corrected chi connectivity index (χ2v) is 7.95. The van der Waals surface area contributed by atoms with E-state index in [1.54, 1.807) is 13.0 Å². The van der Waals surface area contributed by atoms with Gasteiger partial charge in [0.15, 0.2) is 5.82 Å². The molecule has 0 atom stereocenters. The van der Waals surface area contributed by atoms with E-state index in [0.29, 0.717) is 35.5 Å². The number of aromatic nitrogens is 2. The van der Waals surface area contributed by atoms with E-state index in [-0.39, 0.29) is 18.3 Å². The van der Waals surface area contributed by atoms with Crippen LogP contribution < -0.4 is 15.5 Å². The van der Waals surface area contributed by atoms with Crippen molar-refractivity contribution in [1.82, 2.24) is 20.2 Å². The Balaban J connectivity index is 1.92. The van der Waals surface area contributed by atoms with E-state index in [0.717, 1.165) is 17.0 Å². The number of benzene rings is 2. The summed E-state index contributed by atoms with van der Waals surface area (Å²) < 4.78 is 43.1. The summed E-state index contributed by atoms with van der Waals surface area (Å²) in [6, 6.07) is 6.92. The quantitative estimate of drug-likeness (QED) is 0.582. The topological polar surface area (TPSA) is 73.4 Å². The van der Waals surface area contributed by atoms with Crippen LogP contribution in [0.25, 0.3) is 11.3 Å². The molecule has 0 unspecified atom stereocenters. The molecule has 7 nitrogen and oxygen atoms in total. The molecule has 0 fully saturated rings. The van der Waals surface area contributed by atoms with E-state index < -0.39 is 29.2 Å². The van der Waals surface area contributed by atoms with Gasteiger partial charge in [0.25, 0.3) is 0 Å². The molecule has 1 aromatic heterocycles. The number of carbonyl (C=O) groups is 1. The normalized spacial score (nSPS) is 13.2. The number of carbonyl (C=O) groups excluding carboxylic acids is 1. The highest BCUT2D eigenvalue weighted by Gasteiger charge is 2.34. The van der Waals surface area contributed by atoms with E-state index in [1.807, 2.05) is 19.0 Å². The Bertz CT molecular complexity index is 1200. The maximum absolute atomic E-state index is 14.7. The first kappa shape index (κ1) is 22.5. The van der Waals surface area contributed by atoms with Crippen molar-refractivity contribution in [3.8, 4) is 11.3 Å². The van der Waals surface area contributed by atoms with Gasteiger partial charge in [0.05, 0.1) is 12.2 Å². The first-order chi connectivity index (χ1) is 15.8. The van der Waals surface area contributed by atoms with Crippen molar-refractivity contribution in [2.45, 2.75) is 13.5 Å².